The van der Waals surface area contributed by atoms with Gasteiger partial charge in [0.05, 0.1) is 0 Å². The maximum absolute atomic E-state index is 11.7. The fourth-order valence-corrected chi connectivity index (χ4v) is 1.95. The largest absolute Gasteiger partial charge is 0.322 e. The predicted molar refractivity (Wildman–Crippen MR) is 64.6 cm³/mol. The van der Waals surface area contributed by atoms with Gasteiger partial charge >= 0.3 is 6.03 Å². The number of benzene rings is 1. The van der Waals surface area contributed by atoms with E-state index in [1.54, 1.807) is 6.92 Å². The van der Waals surface area contributed by atoms with Crippen molar-refractivity contribution in [2.45, 2.75) is 32.2 Å². The van der Waals surface area contributed by atoms with Crippen molar-refractivity contribution >= 4 is 11.9 Å². The molecule has 0 spiro atoms. The van der Waals surface area contributed by atoms with Gasteiger partial charge in [0.25, 0.3) is 5.91 Å². The minimum absolute atomic E-state index is 0.306. The first-order chi connectivity index (χ1) is 7.93. The lowest BCUT2D eigenvalue weighted by molar-refractivity contribution is -0.123. The van der Waals surface area contributed by atoms with Crippen LogP contribution in [-0.2, 0) is 10.3 Å². The topological polar surface area (TPSA) is 58.2 Å². The number of hydrogen-bond acceptors (Lipinski definition) is 2. The zero-order chi connectivity index (χ0) is 12.6. The molecule has 1 atom stereocenters. The van der Waals surface area contributed by atoms with Crippen LogP contribution in [0.3, 0.4) is 0 Å². The molecule has 0 aliphatic carbocycles. The molecule has 1 unspecified atom stereocenters. The maximum atomic E-state index is 11.7. The first-order valence-electron chi connectivity index (χ1n) is 5.67. The molecule has 1 aliphatic rings. The summed E-state index contributed by atoms with van der Waals surface area (Å²) in [4.78, 5) is 22.9. The van der Waals surface area contributed by atoms with Gasteiger partial charge in [-0.2, -0.15) is 0 Å². The quantitative estimate of drug-likeness (QED) is 0.765. The van der Waals surface area contributed by atoms with E-state index in [1.807, 2.05) is 24.3 Å². The first-order valence-corrected chi connectivity index (χ1v) is 5.67. The summed E-state index contributed by atoms with van der Waals surface area (Å²) < 4.78 is 0. The highest BCUT2D eigenvalue weighted by Crippen LogP contribution is 2.25. The van der Waals surface area contributed by atoms with Crippen molar-refractivity contribution in [1.29, 1.82) is 0 Å². The number of rotatable bonds is 2. The molecule has 1 aliphatic heterocycles. The van der Waals surface area contributed by atoms with Crippen LogP contribution < -0.4 is 10.6 Å². The van der Waals surface area contributed by atoms with Crippen LogP contribution in [0.15, 0.2) is 24.3 Å². The van der Waals surface area contributed by atoms with Crippen molar-refractivity contribution in [1.82, 2.24) is 10.6 Å². The molecule has 3 amide bonds. The van der Waals surface area contributed by atoms with E-state index in [1.165, 1.54) is 5.56 Å². The number of nitrogens with one attached hydrogen (secondary N) is 2. The Kier molecular flexibility index (Phi) is 2.65. The molecule has 1 saturated heterocycles. The van der Waals surface area contributed by atoms with Gasteiger partial charge in [-0.1, -0.05) is 38.1 Å². The van der Waals surface area contributed by atoms with E-state index in [0.717, 1.165) is 5.56 Å². The summed E-state index contributed by atoms with van der Waals surface area (Å²) in [6, 6.07) is 7.32. The summed E-state index contributed by atoms with van der Waals surface area (Å²) in [5, 5.41) is 4.90. The Morgan fingerprint density at radius 1 is 1.12 bits per heavy atom. The molecule has 2 N–H and O–H groups in total. The van der Waals surface area contributed by atoms with Gasteiger partial charge in [0.2, 0.25) is 0 Å². The highest BCUT2D eigenvalue weighted by atomic mass is 16.2. The van der Waals surface area contributed by atoms with E-state index in [0.29, 0.717) is 5.92 Å². The van der Waals surface area contributed by atoms with Gasteiger partial charge in [-0.25, -0.2) is 4.79 Å². The Labute approximate surface area is 100 Å². The van der Waals surface area contributed by atoms with Crippen LogP contribution in [0.1, 0.15) is 37.8 Å². The zero-order valence-electron chi connectivity index (χ0n) is 10.2. The summed E-state index contributed by atoms with van der Waals surface area (Å²) in [7, 11) is 0. The lowest BCUT2D eigenvalue weighted by Gasteiger charge is -2.21. The van der Waals surface area contributed by atoms with E-state index in [2.05, 4.69) is 24.5 Å². The predicted octanol–water partition coefficient (Wildman–Crippen LogP) is 1.86. The molecule has 1 fully saturated rings. The van der Waals surface area contributed by atoms with Gasteiger partial charge in [-0.05, 0) is 24.0 Å². The Morgan fingerprint density at radius 2 is 1.71 bits per heavy atom. The molecule has 0 saturated carbocycles. The van der Waals surface area contributed by atoms with Gasteiger partial charge in [-0.3, -0.25) is 10.1 Å². The molecule has 1 aromatic rings. The molecule has 2 rings (SSSR count). The third-order valence-electron chi connectivity index (χ3n) is 3.20. The molecule has 1 aromatic carbocycles. The number of hydrogen-bond donors (Lipinski definition) is 2. The molecule has 0 aromatic heterocycles. The van der Waals surface area contributed by atoms with E-state index in [-0.39, 0.29) is 5.91 Å². The summed E-state index contributed by atoms with van der Waals surface area (Å²) in [6.07, 6.45) is 0. The number of carbonyl (C=O) groups is 2. The van der Waals surface area contributed by atoms with Crippen molar-refractivity contribution in [2.24, 2.45) is 0 Å². The molecule has 1 heterocycles. The number of amides is 3. The van der Waals surface area contributed by atoms with Crippen LogP contribution in [0.2, 0.25) is 0 Å². The van der Waals surface area contributed by atoms with Crippen LogP contribution in [0.25, 0.3) is 0 Å². The van der Waals surface area contributed by atoms with Crippen LogP contribution in [0.4, 0.5) is 4.79 Å². The number of carbonyl (C=O) groups excluding carboxylic acids is 2. The van der Waals surface area contributed by atoms with E-state index < -0.39 is 11.6 Å². The van der Waals surface area contributed by atoms with Crippen molar-refractivity contribution in [3.8, 4) is 0 Å². The fourth-order valence-electron chi connectivity index (χ4n) is 1.95. The normalized spacial score (nSPS) is 23.8. The number of urea groups is 1. The van der Waals surface area contributed by atoms with Gasteiger partial charge in [0.15, 0.2) is 0 Å². The SMILES string of the molecule is CC(C)c1ccc(C2(C)NC(=O)NC2=O)cc1. The first kappa shape index (κ1) is 11.6. The standard InChI is InChI=1S/C13H16N2O2/c1-8(2)9-4-6-10(7-5-9)13(3)11(16)14-12(17)15-13/h4-8H,1-3H3,(H2,14,15,16,17). The lowest BCUT2D eigenvalue weighted by atomic mass is 9.90. The van der Waals surface area contributed by atoms with Gasteiger partial charge < -0.3 is 5.32 Å². The molecular weight excluding hydrogens is 216 g/mol. The highest BCUT2D eigenvalue weighted by molar-refractivity contribution is 6.07. The summed E-state index contributed by atoms with van der Waals surface area (Å²) in [5.41, 5.74) is 1.05. The Balaban J connectivity index is 2.34. The van der Waals surface area contributed by atoms with Crippen molar-refractivity contribution in [2.75, 3.05) is 0 Å². The monoisotopic (exact) mass is 232 g/mol. The van der Waals surface area contributed by atoms with E-state index in [9.17, 15) is 9.59 Å². The molecule has 4 heteroatoms. The van der Waals surface area contributed by atoms with Crippen molar-refractivity contribution < 1.29 is 9.59 Å². The average Bonchev–Trinajstić information content (AvgIpc) is 2.54. The molecule has 0 bridgehead atoms. The van der Waals surface area contributed by atoms with E-state index in [4.69, 9.17) is 0 Å². The maximum Gasteiger partial charge on any atom is 0.322 e. The summed E-state index contributed by atoms with van der Waals surface area (Å²) in [5.74, 6) is 0.142. The van der Waals surface area contributed by atoms with Crippen LogP contribution in [-0.4, -0.2) is 11.9 Å². The fraction of sp³-hybridized carbons (Fsp3) is 0.385. The molecule has 17 heavy (non-hydrogen) atoms. The highest BCUT2D eigenvalue weighted by Gasteiger charge is 2.43. The van der Waals surface area contributed by atoms with Crippen molar-refractivity contribution in [3.05, 3.63) is 35.4 Å². The smallest absolute Gasteiger partial charge is 0.320 e. The molecule has 90 valence electrons. The Morgan fingerprint density at radius 3 is 2.12 bits per heavy atom. The minimum Gasteiger partial charge on any atom is -0.320 e. The van der Waals surface area contributed by atoms with E-state index >= 15 is 0 Å². The number of imide groups is 1. The Hall–Kier alpha value is -1.84. The molecular formula is C13H16N2O2. The van der Waals surface area contributed by atoms with Gasteiger partial charge in [-0.15, -0.1) is 0 Å². The average molecular weight is 232 g/mol. The molecule has 0 radical (unpaired) electrons. The van der Waals surface area contributed by atoms with Gasteiger partial charge in [0.1, 0.15) is 5.54 Å². The zero-order valence-corrected chi connectivity index (χ0v) is 10.2. The minimum atomic E-state index is -0.952. The van der Waals surface area contributed by atoms with Crippen LogP contribution >= 0.6 is 0 Å². The second kappa shape index (κ2) is 3.87. The lowest BCUT2D eigenvalue weighted by Crippen LogP contribution is -2.40. The second-order valence-electron chi connectivity index (χ2n) is 4.81. The summed E-state index contributed by atoms with van der Waals surface area (Å²) in [6.45, 7) is 5.93. The molecule has 4 nitrogen and oxygen atoms in total. The third kappa shape index (κ3) is 1.90. The third-order valence-corrected chi connectivity index (χ3v) is 3.20. The van der Waals surface area contributed by atoms with Crippen LogP contribution in [0, 0.1) is 0 Å². The Bertz CT molecular complexity index is 465. The second-order valence-corrected chi connectivity index (χ2v) is 4.81. The van der Waals surface area contributed by atoms with Crippen LogP contribution in [0.5, 0.6) is 0 Å². The van der Waals surface area contributed by atoms with Gasteiger partial charge in [0, 0.05) is 0 Å². The summed E-state index contributed by atoms with van der Waals surface area (Å²) >= 11 is 0. The van der Waals surface area contributed by atoms with Crippen molar-refractivity contribution in [3.63, 3.8) is 0 Å².